The van der Waals surface area contributed by atoms with E-state index in [0.717, 1.165) is 68.0 Å². The third-order valence-electron chi connectivity index (χ3n) is 4.62. The van der Waals surface area contributed by atoms with E-state index in [0.29, 0.717) is 0 Å². The molecule has 0 saturated carbocycles. The van der Waals surface area contributed by atoms with Crippen LogP contribution in [-0.2, 0) is 13.1 Å². The first kappa shape index (κ1) is 15.1. The molecule has 24 heavy (non-hydrogen) atoms. The van der Waals surface area contributed by atoms with Crippen LogP contribution >= 0.6 is 0 Å². The summed E-state index contributed by atoms with van der Waals surface area (Å²) in [4.78, 5) is 9.22. The lowest BCUT2D eigenvalue weighted by molar-refractivity contribution is 0.236. The first-order valence-electron chi connectivity index (χ1n) is 8.46. The number of nitrogens with zero attached hydrogens (tertiary/aromatic N) is 6. The van der Waals surface area contributed by atoms with E-state index in [4.69, 9.17) is 4.42 Å². The summed E-state index contributed by atoms with van der Waals surface area (Å²) >= 11 is 0. The zero-order valence-electron chi connectivity index (χ0n) is 14.1. The first-order chi connectivity index (χ1) is 11.7. The van der Waals surface area contributed by atoms with Crippen molar-refractivity contribution in [3.8, 4) is 0 Å². The number of benzene rings is 1. The maximum Gasteiger partial charge on any atom is 0.298 e. The summed E-state index contributed by atoms with van der Waals surface area (Å²) in [6.45, 7) is 9.64. The third kappa shape index (κ3) is 2.75. The van der Waals surface area contributed by atoms with Gasteiger partial charge in [0, 0.05) is 32.7 Å². The summed E-state index contributed by atoms with van der Waals surface area (Å²) in [6, 6.07) is 8.63. The van der Waals surface area contributed by atoms with Crippen LogP contribution in [0.5, 0.6) is 0 Å². The molecule has 7 heteroatoms. The Hall–Kier alpha value is -2.41. The monoisotopic (exact) mass is 326 g/mol. The fraction of sp³-hybridized carbons (Fsp3) is 0.471. The van der Waals surface area contributed by atoms with Crippen LogP contribution in [0.1, 0.15) is 18.6 Å². The second kappa shape index (κ2) is 6.24. The molecule has 0 N–H and O–H groups in total. The number of piperazine rings is 1. The van der Waals surface area contributed by atoms with Crippen LogP contribution in [0.3, 0.4) is 0 Å². The molecule has 0 aliphatic carbocycles. The number of anilines is 1. The molecule has 0 spiro atoms. The molecule has 1 saturated heterocycles. The molecule has 126 valence electrons. The predicted octanol–water partition coefficient (Wildman–Crippen LogP) is 2.07. The first-order valence-corrected chi connectivity index (χ1v) is 8.46. The highest BCUT2D eigenvalue weighted by molar-refractivity contribution is 5.74. The normalized spacial score (nSPS) is 16.2. The molecule has 0 bridgehead atoms. The molecule has 2 aromatic heterocycles. The number of oxazole rings is 1. The zero-order chi connectivity index (χ0) is 16.5. The maximum atomic E-state index is 5.87. The lowest BCUT2D eigenvalue weighted by Gasteiger charge is -2.33. The predicted molar refractivity (Wildman–Crippen MR) is 91.9 cm³/mol. The maximum absolute atomic E-state index is 5.87. The number of hydrogen-bond donors (Lipinski definition) is 0. The Morgan fingerprint density at radius 1 is 1.08 bits per heavy atom. The minimum absolute atomic E-state index is 0.725. The Labute approximate surface area is 140 Å². The summed E-state index contributed by atoms with van der Waals surface area (Å²) in [6.07, 6.45) is 0. The van der Waals surface area contributed by atoms with Crippen LogP contribution in [-0.4, -0.2) is 50.8 Å². The summed E-state index contributed by atoms with van der Waals surface area (Å²) in [5, 5.41) is 8.50. The Morgan fingerprint density at radius 2 is 1.88 bits per heavy atom. The average molecular weight is 326 g/mol. The SMILES string of the molecule is CCn1c(C)nnc1CN1CCN(c2nc3ccccc3o2)CC1. The minimum atomic E-state index is 0.725. The summed E-state index contributed by atoms with van der Waals surface area (Å²) in [5.74, 6) is 2.03. The summed E-state index contributed by atoms with van der Waals surface area (Å²) in [7, 11) is 0. The van der Waals surface area contributed by atoms with Crippen molar-refractivity contribution in [2.24, 2.45) is 0 Å². The van der Waals surface area contributed by atoms with Crippen molar-refractivity contribution >= 4 is 17.1 Å². The molecule has 3 heterocycles. The Morgan fingerprint density at radius 3 is 2.62 bits per heavy atom. The van der Waals surface area contributed by atoms with Crippen molar-refractivity contribution in [3.05, 3.63) is 35.9 Å². The number of rotatable bonds is 4. The quantitative estimate of drug-likeness (QED) is 0.731. The van der Waals surface area contributed by atoms with Crippen molar-refractivity contribution in [1.29, 1.82) is 0 Å². The van der Waals surface area contributed by atoms with Crippen LogP contribution in [0, 0.1) is 6.92 Å². The fourth-order valence-electron chi connectivity index (χ4n) is 3.25. The van der Waals surface area contributed by atoms with Crippen LogP contribution < -0.4 is 4.90 Å². The molecule has 3 aromatic rings. The molecule has 0 amide bonds. The summed E-state index contributed by atoms with van der Waals surface area (Å²) in [5.41, 5.74) is 1.77. The zero-order valence-corrected chi connectivity index (χ0v) is 14.1. The van der Waals surface area contributed by atoms with Crippen LogP contribution in [0.15, 0.2) is 28.7 Å². The Bertz CT molecular complexity index is 798. The van der Waals surface area contributed by atoms with E-state index >= 15 is 0 Å². The van der Waals surface area contributed by atoms with Gasteiger partial charge in [0.25, 0.3) is 6.01 Å². The van der Waals surface area contributed by atoms with E-state index in [9.17, 15) is 0 Å². The minimum Gasteiger partial charge on any atom is -0.423 e. The Balaban J connectivity index is 1.41. The van der Waals surface area contributed by atoms with Crippen molar-refractivity contribution in [1.82, 2.24) is 24.6 Å². The van der Waals surface area contributed by atoms with Crippen LogP contribution in [0.25, 0.3) is 11.1 Å². The van der Waals surface area contributed by atoms with Crippen LogP contribution in [0.4, 0.5) is 6.01 Å². The smallest absolute Gasteiger partial charge is 0.298 e. The topological polar surface area (TPSA) is 63.2 Å². The molecule has 4 rings (SSSR count). The highest BCUT2D eigenvalue weighted by Gasteiger charge is 2.22. The van der Waals surface area contributed by atoms with Crippen molar-refractivity contribution < 1.29 is 4.42 Å². The largest absolute Gasteiger partial charge is 0.423 e. The Kier molecular flexibility index (Phi) is 3.93. The number of fused-ring (bicyclic) bond motifs is 1. The van der Waals surface area contributed by atoms with Gasteiger partial charge in [-0.1, -0.05) is 12.1 Å². The van der Waals surface area contributed by atoms with Gasteiger partial charge in [-0.15, -0.1) is 10.2 Å². The fourth-order valence-corrected chi connectivity index (χ4v) is 3.25. The van der Waals surface area contributed by atoms with Gasteiger partial charge in [-0.3, -0.25) is 4.90 Å². The van der Waals surface area contributed by atoms with E-state index in [1.807, 2.05) is 31.2 Å². The van der Waals surface area contributed by atoms with E-state index in [1.165, 1.54) is 0 Å². The van der Waals surface area contributed by atoms with Gasteiger partial charge in [-0.2, -0.15) is 4.98 Å². The molecule has 0 atom stereocenters. The second-order valence-corrected chi connectivity index (χ2v) is 6.14. The van der Waals surface area contributed by atoms with E-state index in [1.54, 1.807) is 0 Å². The standard InChI is InChI=1S/C17H22N6O/c1-3-23-13(2)19-20-16(23)12-21-8-10-22(11-9-21)17-18-14-6-4-5-7-15(14)24-17/h4-7H,3,8-12H2,1-2H3. The molecule has 0 unspecified atom stereocenters. The molecule has 1 aliphatic heterocycles. The van der Waals surface area contributed by atoms with E-state index < -0.39 is 0 Å². The van der Waals surface area contributed by atoms with E-state index in [2.05, 4.69) is 36.5 Å². The van der Waals surface area contributed by atoms with Gasteiger partial charge in [0.2, 0.25) is 0 Å². The number of aromatic nitrogens is 4. The number of aryl methyl sites for hydroxylation is 1. The van der Waals surface area contributed by atoms with Gasteiger partial charge < -0.3 is 13.9 Å². The average Bonchev–Trinajstić information content (AvgIpc) is 3.19. The molecule has 7 nitrogen and oxygen atoms in total. The molecule has 1 aromatic carbocycles. The highest BCUT2D eigenvalue weighted by Crippen LogP contribution is 2.22. The third-order valence-corrected chi connectivity index (χ3v) is 4.62. The number of hydrogen-bond acceptors (Lipinski definition) is 6. The van der Waals surface area contributed by atoms with Gasteiger partial charge in [-0.25, -0.2) is 0 Å². The van der Waals surface area contributed by atoms with Gasteiger partial charge in [0.05, 0.1) is 6.54 Å². The van der Waals surface area contributed by atoms with Crippen molar-refractivity contribution in [2.45, 2.75) is 26.9 Å². The van der Waals surface area contributed by atoms with Gasteiger partial charge in [0.15, 0.2) is 5.58 Å². The van der Waals surface area contributed by atoms with Crippen LogP contribution in [0.2, 0.25) is 0 Å². The van der Waals surface area contributed by atoms with Gasteiger partial charge in [-0.05, 0) is 26.0 Å². The molecular weight excluding hydrogens is 304 g/mol. The second-order valence-electron chi connectivity index (χ2n) is 6.14. The number of para-hydroxylation sites is 2. The molecule has 1 aliphatic rings. The van der Waals surface area contributed by atoms with Gasteiger partial charge in [0.1, 0.15) is 17.2 Å². The lowest BCUT2D eigenvalue weighted by Crippen LogP contribution is -2.46. The van der Waals surface area contributed by atoms with E-state index in [-0.39, 0.29) is 0 Å². The van der Waals surface area contributed by atoms with Crippen molar-refractivity contribution in [3.63, 3.8) is 0 Å². The van der Waals surface area contributed by atoms with Gasteiger partial charge >= 0.3 is 0 Å². The van der Waals surface area contributed by atoms with Crippen molar-refractivity contribution in [2.75, 3.05) is 31.1 Å². The highest BCUT2D eigenvalue weighted by atomic mass is 16.4. The lowest BCUT2D eigenvalue weighted by atomic mass is 10.3. The molecule has 1 fully saturated rings. The molecule has 0 radical (unpaired) electrons. The summed E-state index contributed by atoms with van der Waals surface area (Å²) < 4.78 is 8.04. The molecular formula is C17H22N6O.